The van der Waals surface area contributed by atoms with Crippen molar-refractivity contribution in [3.8, 4) is 0 Å². The molecule has 1 aliphatic carbocycles. The van der Waals surface area contributed by atoms with Gasteiger partial charge in [0.05, 0.1) is 17.1 Å². The van der Waals surface area contributed by atoms with Crippen molar-refractivity contribution in [1.82, 2.24) is 0 Å². The van der Waals surface area contributed by atoms with Gasteiger partial charge in [0.15, 0.2) is 0 Å². The van der Waals surface area contributed by atoms with E-state index in [1.165, 1.54) is 0 Å². The van der Waals surface area contributed by atoms with E-state index < -0.39 is 0 Å². The molecular weight excluding hydrogens is 160 g/mol. The van der Waals surface area contributed by atoms with Gasteiger partial charge in [-0.3, -0.25) is 0 Å². The highest BCUT2D eigenvalue weighted by Gasteiger charge is 2.25. The lowest BCUT2D eigenvalue weighted by molar-refractivity contribution is -0.0358. The van der Waals surface area contributed by atoms with Gasteiger partial charge in [0.25, 0.3) is 0 Å². The van der Waals surface area contributed by atoms with Crippen molar-refractivity contribution in [3.05, 3.63) is 12.2 Å². The smallest absolute Gasteiger partial charge is 0.0929 e. The van der Waals surface area contributed by atoms with E-state index in [-0.39, 0.29) is 17.1 Å². The van der Waals surface area contributed by atoms with Crippen LogP contribution < -0.4 is 0 Å². The molecule has 0 aliphatic heterocycles. The SMILES string of the molecule is CC(C)(C)O[C@@H]1C=CC[C@H]1Cl. The molecule has 1 rings (SSSR count). The van der Waals surface area contributed by atoms with Crippen molar-refractivity contribution in [2.45, 2.75) is 44.3 Å². The molecule has 0 radical (unpaired) electrons. The molecule has 0 heterocycles. The summed E-state index contributed by atoms with van der Waals surface area (Å²) in [6.45, 7) is 6.13. The molecule has 1 aliphatic rings. The zero-order valence-corrected chi connectivity index (χ0v) is 8.06. The molecule has 11 heavy (non-hydrogen) atoms. The van der Waals surface area contributed by atoms with E-state index in [9.17, 15) is 0 Å². The first kappa shape index (κ1) is 9.08. The van der Waals surface area contributed by atoms with Crippen LogP contribution in [0.1, 0.15) is 27.2 Å². The molecule has 0 bridgehead atoms. The van der Waals surface area contributed by atoms with E-state index in [1.54, 1.807) is 0 Å². The van der Waals surface area contributed by atoms with Crippen LogP contribution in [0.2, 0.25) is 0 Å². The van der Waals surface area contributed by atoms with Crippen LogP contribution in [0.15, 0.2) is 12.2 Å². The van der Waals surface area contributed by atoms with E-state index in [1.807, 2.05) is 26.8 Å². The summed E-state index contributed by atoms with van der Waals surface area (Å²) in [6.07, 6.45) is 5.16. The van der Waals surface area contributed by atoms with Gasteiger partial charge in [0.2, 0.25) is 0 Å². The molecule has 0 spiro atoms. The monoisotopic (exact) mass is 174 g/mol. The lowest BCUT2D eigenvalue weighted by Gasteiger charge is -2.25. The second-order valence-corrected chi connectivity index (χ2v) is 4.44. The number of hydrogen-bond donors (Lipinski definition) is 0. The van der Waals surface area contributed by atoms with Gasteiger partial charge in [0, 0.05) is 0 Å². The van der Waals surface area contributed by atoms with E-state index in [0.717, 1.165) is 6.42 Å². The third-order valence-electron chi connectivity index (χ3n) is 1.53. The van der Waals surface area contributed by atoms with Crippen molar-refractivity contribution in [1.29, 1.82) is 0 Å². The summed E-state index contributed by atoms with van der Waals surface area (Å²) >= 11 is 6.00. The fraction of sp³-hybridized carbons (Fsp3) is 0.778. The Morgan fingerprint density at radius 2 is 2.09 bits per heavy atom. The number of alkyl halides is 1. The van der Waals surface area contributed by atoms with Gasteiger partial charge in [-0.1, -0.05) is 12.2 Å². The fourth-order valence-electron chi connectivity index (χ4n) is 1.12. The highest BCUT2D eigenvalue weighted by Crippen LogP contribution is 2.24. The maximum atomic E-state index is 6.00. The molecule has 0 aromatic rings. The first-order valence-electron chi connectivity index (χ1n) is 3.97. The predicted octanol–water partition coefficient (Wildman–Crippen LogP) is 2.74. The Bertz CT molecular complexity index is 157. The fourth-order valence-corrected chi connectivity index (χ4v) is 1.36. The summed E-state index contributed by atoms with van der Waals surface area (Å²) in [4.78, 5) is 0. The molecule has 0 aromatic heterocycles. The van der Waals surface area contributed by atoms with Crippen LogP contribution in [0.4, 0.5) is 0 Å². The van der Waals surface area contributed by atoms with Gasteiger partial charge in [-0.25, -0.2) is 0 Å². The Hall–Kier alpha value is -0.0100. The van der Waals surface area contributed by atoms with E-state index in [2.05, 4.69) is 6.08 Å². The van der Waals surface area contributed by atoms with Crippen molar-refractivity contribution >= 4 is 11.6 Å². The van der Waals surface area contributed by atoms with Gasteiger partial charge < -0.3 is 4.74 Å². The molecule has 0 saturated carbocycles. The maximum Gasteiger partial charge on any atom is 0.0929 e. The van der Waals surface area contributed by atoms with Gasteiger partial charge in [-0.15, -0.1) is 11.6 Å². The van der Waals surface area contributed by atoms with Crippen molar-refractivity contribution < 1.29 is 4.74 Å². The second-order valence-electron chi connectivity index (χ2n) is 3.87. The minimum Gasteiger partial charge on any atom is -0.367 e. The van der Waals surface area contributed by atoms with Crippen molar-refractivity contribution in [2.24, 2.45) is 0 Å². The quantitative estimate of drug-likeness (QED) is 0.439. The molecule has 0 aromatic carbocycles. The van der Waals surface area contributed by atoms with Crippen LogP contribution in [0.3, 0.4) is 0 Å². The molecule has 0 saturated heterocycles. The normalized spacial score (nSPS) is 31.3. The van der Waals surface area contributed by atoms with E-state index in [4.69, 9.17) is 16.3 Å². The highest BCUT2D eigenvalue weighted by molar-refractivity contribution is 6.21. The summed E-state index contributed by atoms with van der Waals surface area (Å²) in [5.74, 6) is 0. The Morgan fingerprint density at radius 1 is 1.45 bits per heavy atom. The molecule has 0 amide bonds. The Balaban J connectivity index is 2.43. The average molecular weight is 175 g/mol. The number of allylic oxidation sites excluding steroid dienone is 1. The summed E-state index contributed by atoms with van der Waals surface area (Å²) in [7, 11) is 0. The van der Waals surface area contributed by atoms with Gasteiger partial charge >= 0.3 is 0 Å². The first-order valence-corrected chi connectivity index (χ1v) is 4.41. The molecular formula is C9H15ClO. The van der Waals surface area contributed by atoms with Gasteiger partial charge in [0.1, 0.15) is 0 Å². The molecule has 64 valence electrons. The summed E-state index contributed by atoms with van der Waals surface area (Å²) in [5.41, 5.74) is -0.0908. The zero-order chi connectivity index (χ0) is 8.48. The second kappa shape index (κ2) is 3.16. The largest absolute Gasteiger partial charge is 0.367 e. The van der Waals surface area contributed by atoms with Crippen LogP contribution >= 0.6 is 11.6 Å². The standard InChI is InChI=1S/C9H15ClO/c1-9(2,3)11-8-6-4-5-7(8)10/h4,6-8H,5H2,1-3H3/t7-,8-/m1/s1. The predicted molar refractivity (Wildman–Crippen MR) is 48.0 cm³/mol. The summed E-state index contributed by atoms with van der Waals surface area (Å²) < 4.78 is 5.69. The number of ether oxygens (including phenoxy) is 1. The number of rotatable bonds is 1. The summed E-state index contributed by atoms with van der Waals surface area (Å²) in [5, 5.41) is 0.134. The first-order chi connectivity index (χ1) is 4.99. The van der Waals surface area contributed by atoms with Crippen molar-refractivity contribution in [2.75, 3.05) is 0 Å². The zero-order valence-electron chi connectivity index (χ0n) is 7.30. The molecule has 2 atom stereocenters. The molecule has 0 N–H and O–H groups in total. The Morgan fingerprint density at radius 3 is 2.45 bits per heavy atom. The van der Waals surface area contributed by atoms with Gasteiger partial charge in [-0.2, -0.15) is 0 Å². The van der Waals surface area contributed by atoms with Crippen LogP contribution in [-0.4, -0.2) is 17.1 Å². The third kappa shape index (κ3) is 2.84. The highest BCUT2D eigenvalue weighted by atomic mass is 35.5. The number of hydrogen-bond acceptors (Lipinski definition) is 1. The summed E-state index contributed by atoms with van der Waals surface area (Å²) in [6, 6.07) is 0. The maximum absolute atomic E-state index is 6.00. The minimum atomic E-state index is -0.0908. The molecule has 0 unspecified atom stereocenters. The van der Waals surface area contributed by atoms with E-state index >= 15 is 0 Å². The molecule has 2 heteroatoms. The lowest BCUT2D eigenvalue weighted by Crippen LogP contribution is -2.29. The van der Waals surface area contributed by atoms with E-state index in [0.29, 0.717) is 0 Å². The Labute approximate surface area is 73.4 Å². The van der Waals surface area contributed by atoms with Crippen molar-refractivity contribution in [3.63, 3.8) is 0 Å². The average Bonchev–Trinajstić information content (AvgIpc) is 2.12. The number of halogens is 1. The molecule has 0 fully saturated rings. The van der Waals surface area contributed by atoms with Crippen LogP contribution in [0.5, 0.6) is 0 Å². The van der Waals surface area contributed by atoms with Crippen LogP contribution in [0.25, 0.3) is 0 Å². The minimum absolute atomic E-state index is 0.0908. The topological polar surface area (TPSA) is 9.23 Å². The third-order valence-corrected chi connectivity index (χ3v) is 1.96. The molecule has 1 nitrogen and oxygen atoms in total. The van der Waals surface area contributed by atoms with Crippen LogP contribution in [-0.2, 0) is 4.74 Å². The van der Waals surface area contributed by atoms with Crippen LogP contribution in [0, 0.1) is 0 Å². The lowest BCUT2D eigenvalue weighted by atomic mass is 10.2. The van der Waals surface area contributed by atoms with Gasteiger partial charge in [-0.05, 0) is 27.2 Å². The Kier molecular flexibility index (Phi) is 2.61.